The number of imide groups is 2. The van der Waals surface area contributed by atoms with Gasteiger partial charge in [-0.1, -0.05) is 11.6 Å². The molecule has 15 nitrogen and oxygen atoms in total. The third-order valence-electron chi connectivity index (χ3n) is 12.1. The number of carbonyl (C=O) groups excluding carboxylic acids is 5. The fraction of sp³-hybridized carbons (Fsp3) is 0.476. The van der Waals surface area contributed by atoms with Crippen LogP contribution in [0, 0.1) is 17.2 Å². The van der Waals surface area contributed by atoms with Gasteiger partial charge in [-0.15, -0.1) is 0 Å². The van der Waals surface area contributed by atoms with E-state index in [1.807, 2.05) is 6.07 Å². The van der Waals surface area contributed by atoms with E-state index in [-0.39, 0.29) is 48.1 Å². The third kappa shape index (κ3) is 8.63. The van der Waals surface area contributed by atoms with Crippen LogP contribution < -0.4 is 25.6 Å². The average Bonchev–Trinajstić information content (AvgIpc) is 3.47. The van der Waals surface area contributed by atoms with Crippen LogP contribution in [0.5, 0.6) is 5.75 Å². The summed E-state index contributed by atoms with van der Waals surface area (Å²) in [4.78, 5) is 78.1. The molecule has 0 spiro atoms. The number of carbonyl (C=O) groups is 5. The van der Waals surface area contributed by atoms with Crippen molar-refractivity contribution in [3.8, 4) is 11.8 Å². The summed E-state index contributed by atoms with van der Waals surface area (Å²) in [5, 5.41) is 18.4. The Morgan fingerprint density at radius 3 is 2.31 bits per heavy atom. The van der Waals surface area contributed by atoms with E-state index in [1.165, 1.54) is 0 Å². The van der Waals surface area contributed by atoms with E-state index < -0.39 is 29.7 Å². The molecular weight excluding hydrogens is 762 g/mol. The average molecular weight is 808 g/mol. The molecule has 3 aromatic rings. The number of hydrogen-bond acceptors (Lipinski definition) is 12. The molecule has 3 N–H and O–H groups in total. The second-order valence-electron chi connectivity index (χ2n) is 15.9. The molecule has 1 aromatic heterocycles. The number of nitrogens with one attached hydrogen (secondary N) is 3. The Balaban J connectivity index is 0.736. The molecule has 2 aromatic carbocycles. The topological polar surface area (TPSA) is 190 Å². The van der Waals surface area contributed by atoms with Crippen LogP contribution in [0.25, 0.3) is 0 Å². The van der Waals surface area contributed by atoms with Crippen molar-refractivity contribution in [1.82, 2.24) is 30.4 Å². The van der Waals surface area contributed by atoms with E-state index in [1.54, 1.807) is 42.7 Å². The quantitative estimate of drug-likeness (QED) is 0.247. The minimum absolute atomic E-state index is 0.0207. The molecule has 16 heteroatoms. The lowest BCUT2D eigenvalue weighted by Gasteiger charge is -2.38. The van der Waals surface area contributed by atoms with E-state index in [0.29, 0.717) is 27.9 Å². The van der Waals surface area contributed by atoms with Gasteiger partial charge in [0.25, 0.3) is 17.7 Å². The largest absolute Gasteiger partial charge is 0.490 e. The maximum atomic E-state index is 13.2. The van der Waals surface area contributed by atoms with Gasteiger partial charge in [-0.2, -0.15) is 5.26 Å². The molecule has 1 saturated carbocycles. The molecular formula is C42H46ClN9O6. The summed E-state index contributed by atoms with van der Waals surface area (Å²) < 4.78 is 6.08. The summed E-state index contributed by atoms with van der Waals surface area (Å²) in [5.74, 6) is -0.242. The van der Waals surface area contributed by atoms with Crippen molar-refractivity contribution in [2.45, 2.75) is 88.4 Å². The molecule has 302 valence electrons. The number of likely N-dealkylation sites (tertiary alicyclic amines) is 1. The van der Waals surface area contributed by atoms with Gasteiger partial charge in [0.05, 0.1) is 40.2 Å². The maximum Gasteiger partial charge on any atom is 0.271 e. The molecule has 5 aliphatic rings. The smallest absolute Gasteiger partial charge is 0.271 e. The summed E-state index contributed by atoms with van der Waals surface area (Å²) in [5.41, 5.74) is 2.04. The highest BCUT2D eigenvalue weighted by molar-refractivity contribution is 6.31. The van der Waals surface area contributed by atoms with Crippen LogP contribution in [0.1, 0.15) is 101 Å². The molecule has 58 heavy (non-hydrogen) atoms. The first-order valence-electron chi connectivity index (χ1n) is 20.2. The predicted octanol–water partition coefficient (Wildman–Crippen LogP) is 4.32. The zero-order valence-corrected chi connectivity index (χ0v) is 32.9. The Kier molecular flexibility index (Phi) is 11.6. The highest BCUT2D eigenvalue weighted by Crippen LogP contribution is 2.32. The lowest BCUT2D eigenvalue weighted by atomic mass is 9.93. The van der Waals surface area contributed by atoms with Gasteiger partial charge in [0.15, 0.2) is 0 Å². The van der Waals surface area contributed by atoms with Crippen LogP contribution in [0.2, 0.25) is 5.02 Å². The van der Waals surface area contributed by atoms with Gasteiger partial charge < -0.3 is 25.2 Å². The molecule has 1 aliphatic carbocycles. The second-order valence-corrected chi connectivity index (χ2v) is 16.3. The first kappa shape index (κ1) is 39.2. The number of rotatable bonds is 10. The van der Waals surface area contributed by atoms with E-state index in [4.69, 9.17) is 21.6 Å². The predicted molar refractivity (Wildman–Crippen MR) is 213 cm³/mol. The number of piperidine rings is 3. The van der Waals surface area contributed by atoms with E-state index in [0.717, 1.165) is 100 Å². The highest BCUT2D eigenvalue weighted by atomic mass is 35.5. The number of hydrogen-bond donors (Lipinski definition) is 3. The summed E-state index contributed by atoms with van der Waals surface area (Å²) in [6.45, 7) is 4.71. The Morgan fingerprint density at radius 1 is 0.862 bits per heavy atom. The first-order chi connectivity index (χ1) is 28.1. The highest BCUT2D eigenvalue weighted by Gasteiger charge is 2.44. The normalized spacial score (nSPS) is 23.3. The fourth-order valence-electron chi connectivity index (χ4n) is 8.80. The molecule has 5 heterocycles. The van der Waals surface area contributed by atoms with Gasteiger partial charge in [0.1, 0.15) is 29.4 Å². The lowest BCUT2D eigenvalue weighted by molar-refractivity contribution is -0.136. The number of fused-ring (bicyclic) bond motifs is 1. The molecule has 1 unspecified atom stereocenters. The fourth-order valence-corrected chi connectivity index (χ4v) is 9.02. The van der Waals surface area contributed by atoms with Gasteiger partial charge in [0, 0.05) is 63.0 Å². The lowest BCUT2D eigenvalue weighted by Crippen LogP contribution is -2.54. The number of amides is 5. The van der Waals surface area contributed by atoms with Gasteiger partial charge in [-0.3, -0.25) is 34.2 Å². The number of halogens is 1. The summed E-state index contributed by atoms with van der Waals surface area (Å²) in [7, 11) is 0. The SMILES string of the molecule is N#Cc1ccc(OC2CCC(NC(=O)c3cnc(N4CCC(CN5CCC(Nc6ccc7c(c6)C(=O)N(C6CCC(=O)NC6=O)C7=O)CC5)CC4)cn3)CC2)cc1Cl. The Morgan fingerprint density at radius 2 is 1.62 bits per heavy atom. The van der Waals surface area contributed by atoms with Gasteiger partial charge in [0.2, 0.25) is 11.8 Å². The van der Waals surface area contributed by atoms with Crippen LogP contribution >= 0.6 is 11.6 Å². The van der Waals surface area contributed by atoms with Crippen molar-refractivity contribution >= 4 is 52.6 Å². The zero-order chi connectivity index (χ0) is 40.3. The first-order valence-corrected chi connectivity index (χ1v) is 20.6. The van der Waals surface area contributed by atoms with Crippen LogP contribution in [0.3, 0.4) is 0 Å². The van der Waals surface area contributed by atoms with Crippen LogP contribution in [-0.2, 0) is 9.59 Å². The van der Waals surface area contributed by atoms with Crippen molar-refractivity contribution in [1.29, 1.82) is 5.26 Å². The maximum absolute atomic E-state index is 13.2. The molecule has 4 aliphatic heterocycles. The standard InChI is InChI=1S/C42H46ClN9O6/c43-34-20-31(5-1-26(34)21-44)58-30-6-2-27(3-7-30)48-39(54)35-22-46-37(23-45-35)51-17-11-25(12-18-51)24-50-15-13-28(14-16-50)47-29-4-8-32-33(19-29)42(57)52(41(32)56)36-9-10-38(53)49-40(36)55/h1,4-5,8,19-20,22-23,25,27-28,30,36,47H,2-3,6-7,9-18,24H2,(H,48,54)(H,49,53,55). The van der Waals surface area contributed by atoms with Crippen LogP contribution in [0.4, 0.5) is 11.5 Å². The van der Waals surface area contributed by atoms with Gasteiger partial charge in [-0.05, 0) is 94.0 Å². The molecule has 3 saturated heterocycles. The summed E-state index contributed by atoms with van der Waals surface area (Å²) in [6, 6.07) is 11.6. The van der Waals surface area contributed by atoms with Gasteiger partial charge in [-0.25, -0.2) is 9.97 Å². The molecule has 4 fully saturated rings. The van der Waals surface area contributed by atoms with Crippen molar-refractivity contribution < 1.29 is 28.7 Å². The number of nitrogens with zero attached hydrogens (tertiary/aromatic N) is 6. The Hall–Kier alpha value is -5.59. The van der Waals surface area contributed by atoms with Crippen molar-refractivity contribution in [3.05, 3.63) is 76.2 Å². The zero-order valence-electron chi connectivity index (χ0n) is 32.1. The van der Waals surface area contributed by atoms with Crippen molar-refractivity contribution in [2.24, 2.45) is 5.92 Å². The number of anilines is 2. The number of ether oxygens (including phenoxy) is 1. The van der Waals surface area contributed by atoms with Crippen molar-refractivity contribution in [2.75, 3.05) is 42.9 Å². The molecule has 5 amide bonds. The minimum atomic E-state index is -0.979. The van der Waals surface area contributed by atoms with Gasteiger partial charge >= 0.3 is 0 Å². The molecule has 8 rings (SSSR count). The number of nitriles is 1. The third-order valence-corrected chi connectivity index (χ3v) is 12.4. The van der Waals surface area contributed by atoms with E-state index in [2.05, 4.69) is 41.8 Å². The van der Waals surface area contributed by atoms with Crippen LogP contribution in [-0.4, -0.2) is 106 Å². The second kappa shape index (κ2) is 17.1. The van der Waals surface area contributed by atoms with Crippen LogP contribution in [0.15, 0.2) is 48.8 Å². The Bertz CT molecular complexity index is 2120. The molecule has 0 bridgehead atoms. The number of benzene rings is 2. The van der Waals surface area contributed by atoms with E-state index >= 15 is 0 Å². The Labute approximate surface area is 341 Å². The minimum Gasteiger partial charge on any atom is -0.490 e. The van der Waals surface area contributed by atoms with Crippen molar-refractivity contribution in [3.63, 3.8) is 0 Å². The molecule has 0 radical (unpaired) electrons. The van der Waals surface area contributed by atoms with E-state index in [9.17, 15) is 24.0 Å². The summed E-state index contributed by atoms with van der Waals surface area (Å²) in [6.07, 6.45) is 10.6. The number of aromatic nitrogens is 2. The monoisotopic (exact) mass is 807 g/mol. The molecule has 1 atom stereocenters. The summed E-state index contributed by atoms with van der Waals surface area (Å²) >= 11 is 6.14.